The van der Waals surface area contributed by atoms with E-state index in [0.717, 1.165) is 17.7 Å². The Kier molecular flexibility index (Phi) is 3.79. The van der Waals surface area contributed by atoms with Gasteiger partial charge in [0.15, 0.2) is 0 Å². The highest BCUT2D eigenvalue weighted by Gasteiger charge is 2.15. The number of rotatable bonds is 2. The monoisotopic (exact) mass is 231 g/mol. The molecular formula is C14H17NS. The quantitative estimate of drug-likeness (QED) is 0.686. The van der Waals surface area contributed by atoms with Gasteiger partial charge in [-0.25, -0.2) is 0 Å². The van der Waals surface area contributed by atoms with E-state index in [4.69, 9.17) is 5.26 Å². The van der Waals surface area contributed by atoms with Crippen LogP contribution in [0.5, 0.6) is 0 Å². The van der Waals surface area contributed by atoms with Crippen molar-refractivity contribution in [2.24, 2.45) is 0 Å². The lowest BCUT2D eigenvalue weighted by Gasteiger charge is -2.03. The number of allylic oxidation sites excluding steroid dienone is 2. The normalized spacial score (nSPS) is 17.9. The Bertz CT molecular complexity index is 434. The van der Waals surface area contributed by atoms with Gasteiger partial charge in [-0.3, -0.25) is 0 Å². The SMILES string of the molecule is CCC/C=C1\CCCCc2sc(C#N)cc21. The van der Waals surface area contributed by atoms with Crippen LogP contribution in [0.25, 0.3) is 5.57 Å². The van der Waals surface area contributed by atoms with Gasteiger partial charge < -0.3 is 0 Å². The van der Waals surface area contributed by atoms with Crippen molar-refractivity contribution >= 4 is 16.9 Å². The van der Waals surface area contributed by atoms with Gasteiger partial charge in [-0.05, 0) is 49.3 Å². The molecular weight excluding hydrogens is 214 g/mol. The van der Waals surface area contributed by atoms with E-state index in [2.05, 4.69) is 25.1 Å². The van der Waals surface area contributed by atoms with E-state index in [1.165, 1.54) is 41.7 Å². The summed E-state index contributed by atoms with van der Waals surface area (Å²) in [4.78, 5) is 2.30. The summed E-state index contributed by atoms with van der Waals surface area (Å²) < 4.78 is 0. The van der Waals surface area contributed by atoms with Crippen molar-refractivity contribution in [2.45, 2.75) is 45.4 Å². The Hall–Kier alpha value is -1.07. The van der Waals surface area contributed by atoms with Gasteiger partial charge in [0, 0.05) is 4.88 Å². The molecule has 0 unspecified atom stereocenters. The summed E-state index contributed by atoms with van der Waals surface area (Å²) in [5, 5.41) is 8.96. The van der Waals surface area contributed by atoms with Crippen LogP contribution < -0.4 is 0 Å². The molecule has 84 valence electrons. The summed E-state index contributed by atoms with van der Waals surface area (Å²) in [6.45, 7) is 2.21. The molecule has 2 heteroatoms. The van der Waals surface area contributed by atoms with Crippen LogP contribution in [0.4, 0.5) is 0 Å². The van der Waals surface area contributed by atoms with Crippen molar-refractivity contribution in [3.63, 3.8) is 0 Å². The van der Waals surface area contributed by atoms with Crippen molar-refractivity contribution in [3.8, 4) is 6.07 Å². The third-order valence-corrected chi connectivity index (χ3v) is 4.14. The first kappa shape index (κ1) is 11.4. The predicted molar refractivity (Wildman–Crippen MR) is 69.5 cm³/mol. The van der Waals surface area contributed by atoms with Crippen molar-refractivity contribution in [1.82, 2.24) is 0 Å². The average molecular weight is 231 g/mol. The van der Waals surface area contributed by atoms with E-state index in [-0.39, 0.29) is 0 Å². The fraction of sp³-hybridized carbons (Fsp3) is 0.500. The summed E-state index contributed by atoms with van der Waals surface area (Å²) in [5.41, 5.74) is 2.85. The summed E-state index contributed by atoms with van der Waals surface area (Å²) in [6, 6.07) is 4.36. The number of aryl methyl sites for hydroxylation is 1. The number of hydrogen-bond acceptors (Lipinski definition) is 2. The molecule has 2 rings (SSSR count). The first-order valence-electron chi connectivity index (χ1n) is 6.07. The molecule has 0 saturated carbocycles. The summed E-state index contributed by atoms with van der Waals surface area (Å²) in [7, 11) is 0. The zero-order valence-electron chi connectivity index (χ0n) is 9.75. The van der Waals surface area contributed by atoms with E-state index in [0.29, 0.717) is 0 Å². The van der Waals surface area contributed by atoms with Crippen molar-refractivity contribution in [3.05, 3.63) is 27.5 Å². The molecule has 0 amide bonds. The van der Waals surface area contributed by atoms with Gasteiger partial charge in [0.25, 0.3) is 0 Å². The second-order valence-electron chi connectivity index (χ2n) is 4.28. The van der Waals surface area contributed by atoms with Gasteiger partial charge in [-0.1, -0.05) is 19.4 Å². The third kappa shape index (κ3) is 2.36. The molecule has 0 aliphatic heterocycles. The van der Waals surface area contributed by atoms with E-state index in [1.807, 2.05) is 0 Å². The maximum atomic E-state index is 8.96. The molecule has 16 heavy (non-hydrogen) atoms. The molecule has 0 N–H and O–H groups in total. The van der Waals surface area contributed by atoms with Crippen LogP contribution in [0, 0.1) is 11.3 Å². The number of nitriles is 1. The lowest BCUT2D eigenvalue weighted by molar-refractivity contribution is 0.775. The van der Waals surface area contributed by atoms with Crippen LogP contribution in [0.2, 0.25) is 0 Å². The zero-order chi connectivity index (χ0) is 11.4. The number of thiophene rings is 1. The minimum absolute atomic E-state index is 0.870. The highest BCUT2D eigenvalue weighted by molar-refractivity contribution is 7.12. The van der Waals surface area contributed by atoms with E-state index in [1.54, 1.807) is 11.3 Å². The molecule has 1 aliphatic rings. The highest BCUT2D eigenvalue weighted by atomic mass is 32.1. The number of unbranched alkanes of at least 4 members (excludes halogenated alkanes) is 1. The van der Waals surface area contributed by atoms with Crippen molar-refractivity contribution in [1.29, 1.82) is 5.26 Å². The topological polar surface area (TPSA) is 23.8 Å². The van der Waals surface area contributed by atoms with Crippen LogP contribution in [-0.2, 0) is 6.42 Å². The minimum Gasteiger partial charge on any atom is -0.192 e. The lowest BCUT2D eigenvalue weighted by Crippen LogP contribution is -1.83. The Balaban J connectivity index is 2.36. The first-order chi connectivity index (χ1) is 7.85. The average Bonchev–Trinajstić information content (AvgIpc) is 2.63. The molecule has 0 bridgehead atoms. The maximum absolute atomic E-state index is 8.96. The zero-order valence-corrected chi connectivity index (χ0v) is 10.6. The smallest absolute Gasteiger partial charge is 0.110 e. The molecule has 1 heterocycles. The van der Waals surface area contributed by atoms with Crippen LogP contribution in [0.1, 0.15) is 54.3 Å². The second kappa shape index (κ2) is 5.32. The fourth-order valence-corrected chi connectivity index (χ4v) is 3.24. The number of fused-ring (bicyclic) bond motifs is 1. The van der Waals surface area contributed by atoms with Gasteiger partial charge in [0.05, 0.1) is 0 Å². The Morgan fingerprint density at radius 3 is 3.00 bits per heavy atom. The minimum atomic E-state index is 0.870. The molecule has 0 fully saturated rings. The molecule has 1 aromatic heterocycles. The summed E-state index contributed by atoms with van der Waals surface area (Å²) in [5.74, 6) is 0. The Labute approximate surface area is 101 Å². The standard InChI is InChI=1S/C14H17NS/c1-2-3-6-11-7-4-5-8-14-13(11)9-12(10-15)16-14/h6,9H,2-5,7-8H2,1H3/b11-6+. The van der Waals surface area contributed by atoms with E-state index in [9.17, 15) is 0 Å². The second-order valence-corrected chi connectivity index (χ2v) is 5.42. The number of nitrogens with zero attached hydrogens (tertiary/aromatic N) is 1. The molecule has 0 saturated heterocycles. The van der Waals surface area contributed by atoms with Crippen molar-refractivity contribution in [2.75, 3.05) is 0 Å². The van der Waals surface area contributed by atoms with Crippen molar-refractivity contribution < 1.29 is 0 Å². The summed E-state index contributed by atoms with van der Waals surface area (Å²) >= 11 is 1.68. The van der Waals surface area contributed by atoms with Crippen LogP contribution in [0.15, 0.2) is 12.1 Å². The maximum Gasteiger partial charge on any atom is 0.110 e. The fourth-order valence-electron chi connectivity index (χ4n) is 2.21. The van der Waals surface area contributed by atoms with Gasteiger partial charge in [-0.15, -0.1) is 11.3 Å². The molecule has 1 aliphatic carbocycles. The molecule has 0 radical (unpaired) electrons. The molecule has 1 aromatic rings. The van der Waals surface area contributed by atoms with Gasteiger partial charge in [0.2, 0.25) is 0 Å². The molecule has 1 nitrogen and oxygen atoms in total. The molecule has 0 aromatic carbocycles. The van der Waals surface area contributed by atoms with Gasteiger partial charge in [-0.2, -0.15) is 5.26 Å². The van der Waals surface area contributed by atoms with Gasteiger partial charge >= 0.3 is 0 Å². The summed E-state index contributed by atoms with van der Waals surface area (Å²) in [6.07, 6.45) is 9.64. The molecule has 0 atom stereocenters. The van der Waals surface area contributed by atoms with Crippen LogP contribution in [0.3, 0.4) is 0 Å². The van der Waals surface area contributed by atoms with Crippen LogP contribution >= 0.6 is 11.3 Å². The van der Waals surface area contributed by atoms with E-state index < -0.39 is 0 Å². The Morgan fingerprint density at radius 1 is 1.44 bits per heavy atom. The van der Waals surface area contributed by atoms with E-state index >= 15 is 0 Å². The van der Waals surface area contributed by atoms with Crippen LogP contribution in [-0.4, -0.2) is 0 Å². The lowest BCUT2D eigenvalue weighted by atomic mass is 10.0. The molecule has 0 spiro atoms. The Morgan fingerprint density at radius 2 is 2.25 bits per heavy atom. The first-order valence-corrected chi connectivity index (χ1v) is 6.89. The van der Waals surface area contributed by atoms with Gasteiger partial charge in [0.1, 0.15) is 10.9 Å². The third-order valence-electron chi connectivity index (χ3n) is 3.04. The largest absolute Gasteiger partial charge is 0.192 e. The highest BCUT2D eigenvalue weighted by Crippen LogP contribution is 2.35. The number of hydrogen-bond donors (Lipinski definition) is 0. The predicted octanol–water partition coefficient (Wildman–Crippen LogP) is 4.53.